The number of hydrogen-bond donors (Lipinski definition) is 2. The van der Waals surface area contributed by atoms with Gasteiger partial charge in [0.1, 0.15) is 5.82 Å². The fourth-order valence-corrected chi connectivity index (χ4v) is 3.99. The smallest absolute Gasteiger partial charge is 0.319 e. The molecule has 0 radical (unpaired) electrons. The number of hydrogen-bond acceptors (Lipinski definition) is 3. The second-order valence-electron chi connectivity index (χ2n) is 6.40. The maximum Gasteiger partial charge on any atom is 0.417 e. The first-order valence-electron chi connectivity index (χ1n) is 8.63. The molecule has 0 heterocycles. The van der Waals surface area contributed by atoms with Crippen LogP contribution >= 0.6 is 23.2 Å². The Morgan fingerprint density at radius 3 is 2.16 bits per heavy atom. The van der Waals surface area contributed by atoms with Gasteiger partial charge in [-0.15, -0.1) is 0 Å². The van der Waals surface area contributed by atoms with Crippen LogP contribution in [0.25, 0.3) is 0 Å². The Balaban J connectivity index is 1.82. The van der Waals surface area contributed by atoms with E-state index >= 15 is 0 Å². The Bertz CT molecular complexity index is 1280. The molecule has 0 aliphatic heterocycles. The maximum atomic E-state index is 14.4. The molecule has 3 aromatic rings. The zero-order chi connectivity index (χ0) is 23.7. The Morgan fingerprint density at radius 2 is 1.56 bits per heavy atom. The fraction of sp³-hybridized carbons (Fsp3) is 0.0500. The molecule has 0 atom stereocenters. The van der Waals surface area contributed by atoms with Crippen molar-refractivity contribution in [3.63, 3.8) is 0 Å². The topological polar surface area (TPSA) is 75.3 Å². The van der Waals surface area contributed by atoms with Crippen LogP contribution in [0.1, 0.15) is 15.9 Å². The lowest BCUT2D eigenvalue weighted by Gasteiger charge is -2.13. The van der Waals surface area contributed by atoms with Gasteiger partial charge in [0.25, 0.3) is 15.9 Å². The predicted molar refractivity (Wildman–Crippen MR) is 113 cm³/mol. The molecular weight excluding hydrogens is 495 g/mol. The number of halogens is 6. The van der Waals surface area contributed by atoms with Crippen molar-refractivity contribution in [3.05, 3.63) is 87.7 Å². The summed E-state index contributed by atoms with van der Waals surface area (Å²) in [6, 6.07) is 10.8. The molecule has 3 rings (SSSR count). The molecule has 1 amide bonds. The molecule has 0 spiro atoms. The molecule has 0 fully saturated rings. The van der Waals surface area contributed by atoms with E-state index in [0.717, 1.165) is 24.3 Å². The molecule has 32 heavy (non-hydrogen) atoms. The molecular formula is C20H12Cl2F4N2O3S. The Labute approximate surface area is 190 Å². The van der Waals surface area contributed by atoms with Crippen LogP contribution in [-0.4, -0.2) is 14.3 Å². The molecule has 0 saturated carbocycles. The Hall–Kier alpha value is -2.82. The fourth-order valence-electron chi connectivity index (χ4n) is 2.58. The number of nitrogens with one attached hydrogen (secondary N) is 2. The summed E-state index contributed by atoms with van der Waals surface area (Å²) in [5.74, 6) is -1.72. The van der Waals surface area contributed by atoms with Gasteiger partial charge in [0.15, 0.2) is 0 Å². The summed E-state index contributed by atoms with van der Waals surface area (Å²) in [6.45, 7) is 0. The van der Waals surface area contributed by atoms with E-state index in [4.69, 9.17) is 23.2 Å². The highest BCUT2D eigenvalue weighted by atomic mass is 35.5. The van der Waals surface area contributed by atoms with Crippen molar-refractivity contribution in [3.8, 4) is 0 Å². The largest absolute Gasteiger partial charge is 0.417 e. The van der Waals surface area contributed by atoms with Crippen LogP contribution in [-0.2, 0) is 16.2 Å². The van der Waals surface area contributed by atoms with E-state index in [1.54, 1.807) is 0 Å². The number of amides is 1. The lowest BCUT2D eigenvalue weighted by atomic mass is 10.2. The van der Waals surface area contributed by atoms with Gasteiger partial charge in [0.2, 0.25) is 0 Å². The summed E-state index contributed by atoms with van der Waals surface area (Å²) >= 11 is 11.3. The van der Waals surface area contributed by atoms with Crippen LogP contribution in [0.2, 0.25) is 10.0 Å². The Kier molecular flexibility index (Phi) is 6.68. The number of rotatable bonds is 5. The van der Waals surface area contributed by atoms with E-state index in [1.165, 1.54) is 24.3 Å². The third kappa shape index (κ3) is 5.50. The van der Waals surface area contributed by atoms with E-state index in [0.29, 0.717) is 17.2 Å². The average molecular weight is 507 g/mol. The van der Waals surface area contributed by atoms with Crippen LogP contribution in [0.3, 0.4) is 0 Å². The van der Waals surface area contributed by atoms with Gasteiger partial charge in [-0.25, -0.2) is 12.8 Å². The van der Waals surface area contributed by atoms with Gasteiger partial charge in [0, 0.05) is 16.3 Å². The number of carbonyl (C=O) groups excluding carboxylic acids is 1. The average Bonchev–Trinajstić information content (AvgIpc) is 2.70. The number of carbonyl (C=O) groups is 1. The molecule has 0 aliphatic carbocycles. The van der Waals surface area contributed by atoms with Crippen LogP contribution < -0.4 is 10.0 Å². The highest BCUT2D eigenvalue weighted by Gasteiger charge is 2.33. The van der Waals surface area contributed by atoms with Crippen molar-refractivity contribution in [2.75, 3.05) is 10.0 Å². The number of sulfonamides is 1. The van der Waals surface area contributed by atoms with Crippen molar-refractivity contribution < 1.29 is 30.8 Å². The van der Waals surface area contributed by atoms with Crippen molar-refractivity contribution in [2.24, 2.45) is 0 Å². The molecule has 3 aromatic carbocycles. The second-order valence-corrected chi connectivity index (χ2v) is 8.93. The summed E-state index contributed by atoms with van der Waals surface area (Å²) < 4.78 is 80.3. The normalized spacial score (nSPS) is 11.8. The highest BCUT2D eigenvalue weighted by molar-refractivity contribution is 7.92. The van der Waals surface area contributed by atoms with Gasteiger partial charge in [-0.1, -0.05) is 23.2 Å². The van der Waals surface area contributed by atoms with Crippen molar-refractivity contribution in [1.82, 2.24) is 0 Å². The summed E-state index contributed by atoms with van der Waals surface area (Å²) in [4.78, 5) is 11.6. The minimum atomic E-state index is -4.80. The van der Waals surface area contributed by atoms with E-state index in [2.05, 4.69) is 5.32 Å². The SMILES string of the molecule is O=C(Nc1ccc(S(=O)(=O)Nc2ccc(Cl)c(C(F)(F)F)c2)cc1F)c1ccc(Cl)cc1. The zero-order valence-corrected chi connectivity index (χ0v) is 18.0. The van der Waals surface area contributed by atoms with Gasteiger partial charge in [-0.2, -0.15) is 13.2 Å². The number of anilines is 2. The van der Waals surface area contributed by atoms with Crippen molar-refractivity contribution in [1.29, 1.82) is 0 Å². The Morgan fingerprint density at radius 1 is 0.906 bits per heavy atom. The van der Waals surface area contributed by atoms with E-state index < -0.39 is 49.1 Å². The quantitative estimate of drug-likeness (QED) is 0.404. The zero-order valence-electron chi connectivity index (χ0n) is 15.7. The van der Waals surface area contributed by atoms with Gasteiger partial charge in [-0.3, -0.25) is 9.52 Å². The van der Waals surface area contributed by atoms with Gasteiger partial charge in [0.05, 0.1) is 21.2 Å². The monoisotopic (exact) mass is 506 g/mol. The van der Waals surface area contributed by atoms with Crippen LogP contribution in [0, 0.1) is 5.82 Å². The van der Waals surface area contributed by atoms with Gasteiger partial charge in [-0.05, 0) is 60.7 Å². The summed E-state index contributed by atoms with van der Waals surface area (Å²) in [5, 5.41) is 2.09. The van der Waals surface area contributed by atoms with Crippen LogP contribution in [0.5, 0.6) is 0 Å². The summed E-state index contributed by atoms with van der Waals surface area (Å²) in [7, 11) is -4.44. The first-order chi connectivity index (χ1) is 14.9. The van der Waals surface area contributed by atoms with Crippen LogP contribution in [0.15, 0.2) is 65.6 Å². The minimum absolute atomic E-state index is 0.190. The molecule has 0 unspecified atom stereocenters. The summed E-state index contributed by atoms with van der Waals surface area (Å²) in [5.41, 5.74) is -1.75. The van der Waals surface area contributed by atoms with E-state index in [1.807, 2.05) is 4.72 Å². The lowest BCUT2D eigenvalue weighted by molar-refractivity contribution is -0.137. The third-order valence-electron chi connectivity index (χ3n) is 4.13. The predicted octanol–water partition coefficient (Wildman–Crippen LogP) is 6.20. The number of alkyl halides is 3. The second kappa shape index (κ2) is 8.97. The van der Waals surface area contributed by atoms with E-state index in [9.17, 15) is 30.8 Å². The third-order valence-corrected chi connectivity index (χ3v) is 6.09. The molecule has 0 saturated heterocycles. The summed E-state index contributed by atoms with van der Waals surface area (Å²) in [6.07, 6.45) is -4.80. The highest BCUT2D eigenvalue weighted by Crippen LogP contribution is 2.36. The lowest BCUT2D eigenvalue weighted by Crippen LogP contribution is -2.16. The molecule has 2 N–H and O–H groups in total. The van der Waals surface area contributed by atoms with Gasteiger partial charge >= 0.3 is 6.18 Å². The molecule has 5 nitrogen and oxygen atoms in total. The van der Waals surface area contributed by atoms with Crippen molar-refractivity contribution >= 4 is 50.5 Å². The first kappa shape index (κ1) is 23.8. The molecule has 0 aliphatic rings. The first-order valence-corrected chi connectivity index (χ1v) is 10.9. The maximum absolute atomic E-state index is 14.4. The van der Waals surface area contributed by atoms with Crippen LogP contribution in [0.4, 0.5) is 28.9 Å². The minimum Gasteiger partial charge on any atom is -0.319 e. The van der Waals surface area contributed by atoms with Crippen molar-refractivity contribution in [2.45, 2.75) is 11.1 Å². The molecule has 0 aromatic heterocycles. The standard InChI is InChI=1S/C20H12Cl2F4N2O3S/c21-12-3-1-11(2-4-12)19(29)27-18-8-6-14(10-17(18)23)32(30,31)28-13-5-7-16(22)15(9-13)20(24,25)26/h1-10,28H,(H,27,29). The molecule has 12 heteroatoms. The van der Waals surface area contributed by atoms with E-state index in [-0.39, 0.29) is 11.3 Å². The van der Waals surface area contributed by atoms with Gasteiger partial charge < -0.3 is 5.32 Å². The number of benzene rings is 3. The molecule has 168 valence electrons. The molecule has 0 bridgehead atoms.